The van der Waals surface area contributed by atoms with Crippen LogP contribution >= 0.6 is 0 Å². The molecule has 0 saturated carbocycles. The molecule has 0 aromatic carbocycles. The lowest BCUT2D eigenvalue weighted by atomic mass is 10.0. The highest BCUT2D eigenvalue weighted by Crippen LogP contribution is 2.30. The molecule has 1 aliphatic heterocycles. The fourth-order valence-electron chi connectivity index (χ4n) is 2.61. The maximum absolute atomic E-state index is 12.2. The maximum atomic E-state index is 12.2. The van der Waals surface area contributed by atoms with E-state index < -0.39 is 0 Å². The van der Waals surface area contributed by atoms with E-state index in [1.54, 1.807) is 12.4 Å². The predicted molar refractivity (Wildman–Crippen MR) is 80.3 cm³/mol. The SMILES string of the molecule is CC(C)NC(=O)c1cnn2c1NCCC2c1cccnc1. The van der Waals surface area contributed by atoms with Crippen molar-refractivity contribution in [1.29, 1.82) is 0 Å². The van der Waals surface area contributed by atoms with Crippen molar-refractivity contribution in [2.75, 3.05) is 11.9 Å². The van der Waals surface area contributed by atoms with Gasteiger partial charge in [0.15, 0.2) is 0 Å². The van der Waals surface area contributed by atoms with Gasteiger partial charge in [-0.2, -0.15) is 5.10 Å². The summed E-state index contributed by atoms with van der Waals surface area (Å²) in [6, 6.07) is 4.19. The van der Waals surface area contributed by atoms with Crippen LogP contribution in [0.1, 0.15) is 42.2 Å². The molecule has 3 rings (SSSR count). The maximum Gasteiger partial charge on any atom is 0.256 e. The topological polar surface area (TPSA) is 71.8 Å². The van der Waals surface area contributed by atoms with Gasteiger partial charge in [-0.25, -0.2) is 4.68 Å². The number of carbonyl (C=O) groups is 1. The number of nitrogens with zero attached hydrogens (tertiary/aromatic N) is 3. The van der Waals surface area contributed by atoms with Crippen LogP contribution in [0.15, 0.2) is 30.7 Å². The Hall–Kier alpha value is -2.37. The molecule has 0 fully saturated rings. The van der Waals surface area contributed by atoms with Crippen LogP contribution in [0.5, 0.6) is 0 Å². The highest BCUT2D eigenvalue weighted by atomic mass is 16.1. The van der Waals surface area contributed by atoms with Gasteiger partial charge in [0.1, 0.15) is 11.4 Å². The zero-order valence-corrected chi connectivity index (χ0v) is 12.2. The number of fused-ring (bicyclic) bond motifs is 1. The lowest BCUT2D eigenvalue weighted by Gasteiger charge is -2.26. The predicted octanol–water partition coefficient (Wildman–Crippen LogP) is 1.82. The third-order valence-electron chi connectivity index (χ3n) is 3.53. The molecule has 2 aromatic heterocycles. The van der Waals surface area contributed by atoms with Crippen LogP contribution < -0.4 is 10.6 Å². The number of nitrogens with one attached hydrogen (secondary N) is 2. The Morgan fingerprint density at radius 2 is 2.33 bits per heavy atom. The minimum Gasteiger partial charge on any atom is -0.369 e. The highest BCUT2D eigenvalue weighted by Gasteiger charge is 2.27. The van der Waals surface area contributed by atoms with E-state index >= 15 is 0 Å². The molecule has 6 heteroatoms. The van der Waals surface area contributed by atoms with Gasteiger partial charge in [-0.05, 0) is 31.9 Å². The average molecular weight is 285 g/mol. The molecular formula is C15H19N5O. The Morgan fingerprint density at radius 1 is 1.48 bits per heavy atom. The molecule has 0 aliphatic carbocycles. The molecular weight excluding hydrogens is 266 g/mol. The number of amides is 1. The molecule has 110 valence electrons. The van der Waals surface area contributed by atoms with Gasteiger partial charge in [0.2, 0.25) is 0 Å². The normalized spacial score (nSPS) is 17.2. The van der Waals surface area contributed by atoms with Gasteiger partial charge in [-0.3, -0.25) is 9.78 Å². The number of rotatable bonds is 3. The summed E-state index contributed by atoms with van der Waals surface area (Å²) in [5.41, 5.74) is 1.71. The van der Waals surface area contributed by atoms with E-state index in [4.69, 9.17) is 0 Å². The van der Waals surface area contributed by atoms with Gasteiger partial charge in [0.25, 0.3) is 5.91 Å². The van der Waals surface area contributed by atoms with Crippen molar-refractivity contribution in [2.45, 2.75) is 32.4 Å². The third kappa shape index (κ3) is 2.61. The first-order valence-electron chi connectivity index (χ1n) is 7.19. The molecule has 0 bridgehead atoms. The second kappa shape index (κ2) is 5.55. The summed E-state index contributed by atoms with van der Waals surface area (Å²) >= 11 is 0. The van der Waals surface area contributed by atoms with Crippen LogP contribution in [0.3, 0.4) is 0 Å². The minimum absolute atomic E-state index is 0.0920. The van der Waals surface area contributed by atoms with Crippen LogP contribution in [0.4, 0.5) is 5.82 Å². The van der Waals surface area contributed by atoms with E-state index in [0.29, 0.717) is 5.56 Å². The number of hydrogen-bond donors (Lipinski definition) is 2. The molecule has 1 unspecified atom stereocenters. The smallest absolute Gasteiger partial charge is 0.256 e. The summed E-state index contributed by atoms with van der Waals surface area (Å²) in [7, 11) is 0. The highest BCUT2D eigenvalue weighted by molar-refractivity contribution is 5.99. The van der Waals surface area contributed by atoms with Crippen molar-refractivity contribution in [2.24, 2.45) is 0 Å². The molecule has 2 N–H and O–H groups in total. The van der Waals surface area contributed by atoms with Crippen LogP contribution in [-0.4, -0.2) is 33.3 Å². The number of anilines is 1. The van der Waals surface area contributed by atoms with Crippen LogP contribution in [-0.2, 0) is 0 Å². The molecule has 1 aliphatic rings. The Labute approximate surface area is 123 Å². The molecule has 6 nitrogen and oxygen atoms in total. The summed E-state index contributed by atoms with van der Waals surface area (Å²) in [5, 5.41) is 10.6. The van der Waals surface area contributed by atoms with Crippen molar-refractivity contribution in [3.63, 3.8) is 0 Å². The van der Waals surface area contributed by atoms with E-state index in [9.17, 15) is 4.79 Å². The molecule has 0 saturated heterocycles. The average Bonchev–Trinajstić information content (AvgIpc) is 2.91. The number of aromatic nitrogens is 3. The Balaban J connectivity index is 1.94. The number of hydrogen-bond acceptors (Lipinski definition) is 4. The second-order valence-corrected chi connectivity index (χ2v) is 5.50. The number of carbonyl (C=O) groups excluding carboxylic acids is 1. The van der Waals surface area contributed by atoms with Crippen LogP contribution in [0.25, 0.3) is 0 Å². The molecule has 21 heavy (non-hydrogen) atoms. The van der Waals surface area contributed by atoms with Gasteiger partial charge in [0, 0.05) is 25.0 Å². The van der Waals surface area contributed by atoms with Crippen molar-refractivity contribution < 1.29 is 4.79 Å². The third-order valence-corrected chi connectivity index (χ3v) is 3.53. The Morgan fingerprint density at radius 3 is 3.05 bits per heavy atom. The number of pyridine rings is 1. The first kappa shape index (κ1) is 13.6. The zero-order valence-electron chi connectivity index (χ0n) is 12.2. The zero-order chi connectivity index (χ0) is 14.8. The summed E-state index contributed by atoms with van der Waals surface area (Å²) in [5.74, 6) is 0.693. The van der Waals surface area contributed by atoms with Crippen molar-refractivity contribution in [1.82, 2.24) is 20.1 Å². The lowest BCUT2D eigenvalue weighted by molar-refractivity contribution is 0.0944. The van der Waals surface area contributed by atoms with Crippen LogP contribution in [0, 0.1) is 0 Å². The Bertz CT molecular complexity index is 635. The van der Waals surface area contributed by atoms with E-state index in [-0.39, 0.29) is 18.0 Å². The molecule has 2 aromatic rings. The van der Waals surface area contributed by atoms with E-state index in [1.165, 1.54) is 0 Å². The Kier molecular flexibility index (Phi) is 3.60. The van der Waals surface area contributed by atoms with Crippen molar-refractivity contribution >= 4 is 11.7 Å². The molecule has 1 atom stereocenters. The quantitative estimate of drug-likeness (QED) is 0.902. The van der Waals surface area contributed by atoms with E-state index in [1.807, 2.05) is 36.9 Å². The van der Waals surface area contributed by atoms with Gasteiger partial charge >= 0.3 is 0 Å². The first-order valence-corrected chi connectivity index (χ1v) is 7.19. The van der Waals surface area contributed by atoms with Gasteiger partial charge in [0.05, 0.1) is 12.2 Å². The van der Waals surface area contributed by atoms with Gasteiger partial charge < -0.3 is 10.6 Å². The fourth-order valence-corrected chi connectivity index (χ4v) is 2.61. The molecule has 1 amide bonds. The van der Waals surface area contributed by atoms with Crippen LogP contribution in [0.2, 0.25) is 0 Å². The monoisotopic (exact) mass is 285 g/mol. The molecule has 0 radical (unpaired) electrons. The first-order chi connectivity index (χ1) is 10.2. The largest absolute Gasteiger partial charge is 0.369 e. The minimum atomic E-state index is -0.0920. The van der Waals surface area contributed by atoms with Gasteiger partial charge in [-0.15, -0.1) is 0 Å². The van der Waals surface area contributed by atoms with E-state index in [0.717, 1.165) is 24.3 Å². The molecule has 0 spiro atoms. The molecule has 3 heterocycles. The summed E-state index contributed by atoms with van der Waals surface area (Å²) in [6.07, 6.45) is 6.17. The van der Waals surface area contributed by atoms with Crippen molar-refractivity contribution in [3.05, 3.63) is 41.9 Å². The standard InChI is InChI=1S/C15H19N5O/c1-10(2)19-15(21)12-9-18-20-13(5-7-17-14(12)20)11-4-3-6-16-8-11/h3-4,6,8-10,13,17H,5,7H2,1-2H3,(H,19,21). The lowest BCUT2D eigenvalue weighted by Crippen LogP contribution is -2.31. The second-order valence-electron chi connectivity index (χ2n) is 5.50. The summed E-state index contributed by atoms with van der Waals surface area (Å²) in [6.45, 7) is 4.70. The van der Waals surface area contributed by atoms with Gasteiger partial charge in [-0.1, -0.05) is 6.07 Å². The summed E-state index contributed by atoms with van der Waals surface area (Å²) < 4.78 is 1.88. The van der Waals surface area contributed by atoms with E-state index in [2.05, 4.69) is 20.7 Å². The summed E-state index contributed by atoms with van der Waals surface area (Å²) in [4.78, 5) is 16.4. The fraction of sp³-hybridized carbons (Fsp3) is 0.400. The van der Waals surface area contributed by atoms with Crippen molar-refractivity contribution in [3.8, 4) is 0 Å².